The van der Waals surface area contributed by atoms with Crippen LogP contribution in [0.2, 0.25) is 0 Å². The first kappa shape index (κ1) is 17.2. The van der Waals surface area contributed by atoms with Crippen LogP contribution in [0.1, 0.15) is 41.2 Å². The van der Waals surface area contributed by atoms with Gasteiger partial charge in [0.25, 0.3) is 5.91 Å². The summed E-state index contributed by atoms with van der Waals surface area (Å²) in [5.41, 5.74) is 2.98. The third-order valence-electron chi connectivity index (χ3n) is 5.80. The van der Waals surface area contributed by atoms with Gasteiger partial charge in [-0.05, 0) is 36.6 Å². The second-order valence-corrected chi connectivity index (χ2v) is 7.58. The highest BCUT2D eigenvalue weighted by Crippen LogP contribution is 2.39. The van der Waals surface area contributed by atoms with E-state index >= 15 is 0 Å². The molecule has 2 aromatic carbocycles. The Labute approximate surface area is 164 Å². The Morgan fingerprint density at radius 3 is 2.75 bits per heavy atom. The van der Waals surface area contributed by atoms with Gasteiger partial charge in [0.1, 0.15) is 0 Å². The lowest BCUT2D eigenvalue weighted by Gasteiger charge is -2.25. The van der Waals surface area contributed by atoms with Crippen molar-refractivity contribution in [2.45, 2.75) is 25.3 Å². The van der Waals surface area contributed by atoms with Crippen molar-refractivity contribution in [2.75, 3.05) is 19.8 Å². The van der Waals surface area contributed by atoms with Crippen molar-refractivity contribution in [1.29, 1.82) is 0 Å². The first-order valence-corrected chi connectivity index (χ1v) is 9.97. The monoisotopic (exact) mass is 376 g/mol. The first-order chi connectivity index (χ1) is 13.7. The topological polar surface area (TPSA) is 43.7 Å². The number of ether oxygens (including phenoxy) is 2. The lowest BCUT2D eigenvalue weighted by Crippen LogP contribution is -2.30. The number of benzene rings is 2. The number of likely N-dealkylation sites (tertiary alicyclic amines) is 1. The number of aromatic nitrogens is 1. The van der Waals surface area contributed by atoms with Crippen LogP contribution in [0.5, 0.6) is 11.5 Å². The van der Waals surface area contributed by atoms with Crippen molar-refractivity contribution in [2.24, 2.45) is 7.05 Å². The standard InChI is InChI=1S/C23H24N2O3/c1-24-15-18(17-6-2-3-7-20(17)24)23(26)25-11-4-8-19(25)16-9-10-21-22(14-16)28-13-5-12-27-21/h2-3,6-7,9-10,14-15,19H,4-5,8,11-13H2,1H3/t19-/m0/s1. The largest absolute Gasteiger partial charge is 0.490 e. The summed E-state index contributed by atoms with van der Waals surface area (Å²) in [5.74, 6) is 1.69. The Kier molecular flexibility index (Phi) is 4.23. The predicted molar refractivity (Wildman–Crippen MR) is 108 cm³/mol. The molecule has 0 unspecified atom stereocenters. The molecule has 5 nitrogen and oxygen atoms in total. The molecule has 1 amide bonds. The lowest BCUT2D eigenvalue weighted by molar-refractivity contribution is 0.0737. The van der Waals surface area contributed by atoms with Gasteiger partial charge in [-0.25, -0.2) is 0 Å². The van der Waals surface area contributed by atoms with Gasteiger partial charge < -0.3 is 18.9 Å². The highest BCUT2D eigenvalue weighted by molar-refractivity contribution is 6.07. The van der Waals surface area contributed by atoms with Crippen molar-refractivity contribution in [3.05, 3.63) is 59.8 Å². The molecule has 1 atom stereocenters. The zero-order valence-corrected chi connectivity index (χ0v) is 16.1. The average Bonchev–Trinajstić information content (AvgIpc) is 3.26. The fraction of sp³-hybridized carbons (Fsp3) is 0.348. The Morgan fingerprint density at radius 2 is 1.86 bits per heavy atom. The van der Waals surface area contributed by atoms with Gasteiger partial charge in [0.05, 0.1) is 24.8 Å². The van der Waals surface area contributed by atoms with Crippen LogP contribution in [-0.4, -0.2) is 35.1 Å². The zero-order chi connectivity index (χ0) is 19.1. The molecule has 0 N–H and O–H groups in total. The molecular formula is C23H24N2O3. The van der Waals surface area contributed by atoms with E-state index in [-0.39, 0.29) is 11.9 Å². The molecule has 1 saturated heterocycles. The zero-order valence-electron chi connectivity index (χ0n) is 16.1. The minimum absolute atomic E-state index is 0.0728. The van der Waals surface area contributed by atoms with Crippen LogP contribution in [0, 0.1) is 0 Å². The van der Waals surface area contributed by atoms with Gasteiger partial charge in [-0.1, -0.05) is 24.3 Å². The minimum Gasteiger partial charge on any atom is -0.490 e. The Morgan fingerprint density at radius 1 is 1.04 bits per heavy atom. The summed E-state index contributed by atoms with van der Waals surface area (Å²) in [4.78, 5) is 15.5. The summed E-state index contributed by atoms with van der Waals surface area (Å²) in [6, 6.07) is 14.3. The molecule has 0 radical (unpaired) electrons. The second kappa shape index (κ2) is 6.89. The number of rotatable bonds is 2. The van der Waals surface area contributed by atoms with Gasteiger partial charge in [-0.2, -0.15) is 0 Å². The summed E-state index contributed by atoms with van der Waals surface area (Å²) >= 11 is 0. The van der Waals surface area contributed by atoms with Crippen molar-refractivity contribution in [3.63, 3.8) is 0 Å². The van der Waals surface area contributed by atoms with Crippen molar-refractivity contribution in [1.82, 2.24) is 9.47 Å². The summed E-state index contributed by atoms with van der Waals surface area (Å²) in [6.45, 7) is 2.13. The summed E-state index contributed by atoms with van der Waals surface area (Å²) in [7, 11) is 1.99. The summed E-state index contributed by atoms with van der Waals surface area (Å²) < 4.78 is 13.6. The van der Waals surface area contributed by atoms with E-state index in [9.17, 15) is 4.79 Å². The number of hydrogen-bond donors (Lipinski definition) is 0. The van der Waals surface area contributed by atoms with Crippen molar-refractivity contribution >= 4 is 16.8 Å². The second-order valence-electron chi connectivity index (χ2n) is 7.58. The van der Waals surface area contributed by atoms with Crippen LogP contribution in [0.3, 0.4) is 0 Å². The third kappa shape index (κ3) is 2.82. The van der Waals surface area contributed by atoms with Crippen LogP contribution in [0.4, 0.5) is 0 Å². The van der Waals surface area contributed by atoms with Gasteiger partial charge >= 0.3 is 0 Å². The van der Waals surface area contributed by atoms with Crippen LogP contribution >= 0.6 is 0 Å². The molecule has 28 heavy (non-hydrogen) atoms. The van der Waals surface area contributed by atoms with Crippen molar-refractivity contribution < 1.29 is 14.3 Å². The quantitative estimate of drug-likeness (QED) is 0.669. The smallest absolute Gasteiger partial charge is 0.256 e. The van der Waals surface area contributed by atoms with Gasteiger partial charge in [0, 0.05) is 37.1 Å². The summed E-state index contributed by atoms with van der Waals surface area (Å²) in [5, 5.41) is 1.01. The number of fused-ring (bicyclic) bond motifs is 2. The van der Waals surface area contributed by atoms with E-state index in [1.165, 1.54) is 0 Å². The number of aryl methyl sites for hydroxylation is 1. The van der Waals surface area contributed by atoms with Gasteiger partial charge in [0.15, 0.2) is 11.5 Å². The molecule has 144 valence electrons. The van der Waals surface area contributed by atoms with E-state index in [2.05, 4.69) is 18.2 Å². The highest BCUT2D eigenvalue weighted by Gasteiger charge is 2.32. The van der Waals surface area contributed by atoms with Crippen LogP contribution in [0.15, 0.2) is 48.7 Å². The average molecular weight is 376 g/mol. The lowest BCUT2D eigenvalue weighted by atomic mass is 10.0. The molecule has 3 aromatic rings. The van der Waals surface area contributed by atoms with Gasteiger partial charge in [-0.3, -0.25) is 4.79 Å². The molecule has 2 aliphatic heterocycles. The fourth-order valence-corrected chi connectivity index (χ4v) is 4.41. The van der Waals surface area contributed by atoms with E-state index in [1.54, 1.807) is 0 Å². The van der Waals surface area contributed by atoms with Crippen molar-refractivity contribution in [3.8, 4) is 11.5 Å². The molecule has 0 saturated carbocycles. The molecule has 1 fully saturated rings. The molecule has 5 heteroatoms. The summed E-state index contributed by atoms with van der Waals surface area (Å²) in [6.07, 6.45) is 4.82. The first-order valence-electron chi connectivity index (χ1n) is 9.97. The number of hydrogen-bond acceptors (Lipinski definition) is 3. The maximum absolute atomic E-state index is 13.5. The van der Waals surface area contributed by atoms with E-state index in [1.807, 2.05) is 47.0 Å². The molecular weight excluding hydrogens is 352 g/mol. The fourth-order valence-electron chi connectivity index (χ4n) is 4.41. The molecule has 0 aliphatic carbocycles. The van der Waals surface area contributed by atoms with E-state index < -0.39 is 0 Å². The molecule has 0 spiro atoms. The molecule has 3 heterocycles. The SMILES string of the molecule is Cn1cc(C(=O)N2CCC[C@H]2c2ccc3c(c2)OCCCO3)c2ccccc21. The van der Waals surface area contributed by atoms with Crippen LogP contribution in [0.25, 0.3) is 10.9 Å². The van der Waals surface area contributed by atoms with Crippen LogP contribution < -0.4 is 9.47 Å². The van der Waals surface area contributed by atoms with Crippen LogP contribution in [-0.2, 0) is 7.05 Å². The number of nitrogens with zero attached hydrogens (tertiary/aromatic N) is 2. The molecule has 1 aromatic heterocycles. The number of carbonyl (C=O) groups is 1. The molecule has 5 rings (SSSR count). The van der Waals surface area contributed by atoms with Gasteiger partial charge in [0.2, 0.25) is 0 Å². The predicted octanol–water partition coefficient (Wildman–Crippen LogP) is 4.32. The Bertz CT molecular complexity index is 1040. The maximum Gasteiger partial charge on any atom is 0.256 e. The Hall–Kier alpha value is -2.95. The number of para-hydroxylation sites is 1. The maximum atomic E-state index is 13.5. The highest BCUT2D eigenvalue weighted by atomic mass is 16.5. The number of amides is 1. The molecule has 2 aliphatic rings. The normalized spacial score (nSPS) is 19.0. The van der Waals surface area contributed by atoms with E-state index in [0.717, 1.165) is 59.3 Å². The minimum atomic E-state index is 0.0728. The van der Waals surface area contributed by atoms with E-state index in [4.69, 9.17) is 9.47 Å². The molecule has 0 bridgehead atoms. The Balaban J connectivity index is 1.48. The van der Waals surface area contributed by atoms with E-state index in [0.29, 0.717) is 13.2 Å². The number of carbonyl (C=O) groups excluding carboxylic acids is 1. The third-order valence-corrected chi connectivity index (χ3v) is 5.80. The van der Waals surface area contributed by atoms with Gasteiger partial charge in [-0.15, -0.1) is 0 Å².